The molecule has 0 amide bonds. The van der Waals surface area contributed by atoms with Crippen molar-refractivity contribution in [1.82, 2.24) is 0 Å². The molecule has 4 heteroatoms. The Morgan fingerprint density at radius 2 is 2.00 bits per heavy atom. The minimum Gasteiger partial charge on any atom is -0.437 e. The van der Waals surface area contributed by atoms with Crippen molar-refractivity contribution in [2.45, 2.75) is 26.7 Å². The lowest BCUT2D eigenvalue weighted by molar-refractivity contribution is -0.161. The fourth-order valence-electron chi connectivity index (χ4n) is 0.832. The smallest absolute Gasteiger partial charge is 0.311 e. The Labute approximate surface area is 66.6 Å². The highest BCUT2D eigenvalue weighted by molar-refractivity contribution is 5.72. The molecule has 0 aromatic heterocycles. The minimum atomic E-state index is -0.236. The standard InChI is InChI=1S/C7H15NO3/c1-3-6(4-2)7(9)10-5-11-8/h6H,3-5,8H2,1-2H3. The normalized spacial score (nSPS) is 10.2. The van der Waals surface area contributed by atoms with Gasteiger partial charge in [0, 0.05) is 0 Å². The molecule has 0 aromatic rings. The maximum absolute atomic E-state index is 11.0. The second-order valence-electron chi connectivity index (χ2n) is 2.26. The average Bonchev–Trinajstić information content (AvgIpc) is 2.03. The van der Waals surface area contributed by atoms with Gasteiger partial charge in [0.1, 0.15) is 0 Å². The second-order valence-corrected chi connectivity index (χ2v) is 2.26. The highest BCUT2D eigenvalue weighted by Crippen LogP contribution is 2.08. The van der Waals surface area contributed by atoms with E-state index >= 15 is 0 Å². The third-order valence-corrected chi connectivity index (χ3v) is 1.59. The summed E-state index contributed by atoms with van der Waals surface area (Å²) in [5.41, 5.74) is 0. The first-order chi connectivity index (χ1) is 5.26. The zero-order chi connectivity index (χ0) is 8.69. The SMILES string of the molecule is CCC(CC)C(=O)OCON. The Morgan fingerprint density at radius 3 is 2.36 bits per heavy atom. The molecule has 0 radical (unpaired) electrons. The van der Waals surface area contributed by atoms with E-state index in [0.29, 0.717) is 0 Å². The van der Waals surface area contributed by atoms with Crippen LogP contribution in [-0.4, -0.2) is 12.8 Å². The number of esters is 1. The Morgan fingerprint density at radius 1 is 1.45 bits per heavy atom. The van der Waals surface area contributed by atoms with Crippen molar-refractivity contribution < 1.29 is 14.4 Å². The average molecular weight is 161 g/mol. The minimum absolute atomic E-state index is 0.0230. The van der Waals surface area contributed by atoms with Gasteiger partial charge in [-0.15, -0.1) is 0 Å². The van der Waals surface area contributed by atoms with E-state index in [1.165, 1.54) is 0 Å². The third kappa shape index (κ3) is 3.95. The molecule has 4 nitrogen and oxygen atoms in total. The number of hydrogen-bond donors (Lipinski definition) is 1. The first-order valence-electron chi connectivity index (χ1n) is 3.74. The molecule has 0 saturated carbocycles. The summed E-state index contributed by atoms with van der Waals surface area (Å²) >= 11 is 0. The van der Waals surface area contributed by atoms with Crippen LogP contribution in [0, 0.1) is 5.92 Å². The van der Waals surface area contributed by atoms with Crippen molar-refractivity contribution in [3.63, 3.8) is 0 Å². The number of hydrogen-bond acceptors (Lipinski definition) is 4. The van der Waals surface area contributed by atoms with Gasteiger partial charge in [-0.3, -0.25) is 9.63 Å². The van der Waals surface area contributed by atoms with Gasteiger partial charge in [-0.05, 0) is 12.8 Å². The van der Waals surface area contributed by atoms with Gasteiger partial charge in [-0.2, -0.15) is 0 Å². The van der Waals surface area contributed by atoms with Gasteiger partial charge in [0.15, 0.2) is 0 Å². The van der Waals surface area contributed by atoms with E-state index in [1.54, 1.807) is 0 Å². The number of carbonyl (C=O) groups excluding carboxylic acids is 1. The largest absolute Gasteiger partial charge is 0.437 e. The van der Waals surface area contributed by atoms with Gasteiger partial charge < -0.3 is 4.74 Å². The van der Waals surface area contributed by atoms with E-state index in [2.05, 4.69) is 15.5 Å². The monoisotopic (exact) mass is 161 g/mol. The van der Waals surface area contributed by atoms with E-state index < -0.39 is 0 Å². The van der Waals surface area contributed by atoms with Crippen molar-refractivity contribution in [3.05, 3.63) is 0 Å². The van der Waals surface area contributed by atoms with Gasteiger partial charge in [0.05, 0.1) is 5.92 Å². The summed E-state index contributed by atoms with van der Waals surface area (Å²) in [7, 11) is 0. The maximum atomic E-state index is 11.0. The predicted molar refractivity (Wildman–Crippen MR) is 40.3 cm³/mol. The molecule has 0 rings (SSSR count). The summed E-state index contributed by atoms with van der Waals surface area (Å²) in [6.45, 7) is 3.73. The van der Waals surface area contributed by atoms with E-state index in [4.69, 9.17) is 0 Å². The van der Waals surface area contributed by atoms with E-state index in [9.17, 15) is 4.79 Å². The molecule has 0 fully saturated rings. The van der Waals surface area contributed by atoms with Crippen LogP contribution in [0.4, 0.5) is 0 Å². The predicted octanol–water partition coefficient (Wildman–Crippen LogP) is 0.814. The molecular weight excluding hydrogens is 146 g/mol. The fourth-order valence-corrected chi connectivity index (χ4v) is 0.832. The van der Waals surface area contributed by atoms with E-state index in [-0.39, 0.29) is 18.7 Å². The Balaban J connectivity index is 3.61. The molecular formula is C7H15NO3. The topological polar surface area (TPSA) is 61.5 Å². The zero-order valence-corrected chi connectivity index (χ0v) is 7.00. The van der Waals surface area contributed by atoms with Crippen molar-refractivity contribution in [2.24, 2.45) is 11.8 Å². The quantitative estimate of drug-likeness (QED) is 0.368. The van der Waals surface area contributed by atoms with Crippen molar-refractivity contribution >= 4 is 5.97 Å². The van der Waals surface area contributed by atoms with Crippen LogP contribution in [-0.2, 0) is 14.4 Å². The van der Waals surface area contributed by atoms with Crippen LogP contribution in [0.15, 0.2) is 0 Å². The summed E-state index contributed by atoms with van der Waals surface area (Å²) in [4.78, 5) is 15.1. The van der Waals surface area contributed by atoms with Gasteiger partial charge >= 0.3 is 5.97 Å². The van der Waals surface area contributed by atoms with Crippen LogP contribution < -0.4 is 5.90 Å². The molecule has 0 spiro atoms. The molecule has 11 heavy (non-hydrogen) atoms. The molecule has 0 heterocycles. The Kier molecular flexibility index (Phi) is 5.78. The van der Waals surface area contributed by atoms with Crippen LogP contribution in [0.5, 0.6) is 0 Å². The lowest BCUT2D eigenvalue weighted by atomic mass is 10.0. The summed E-state index contributed by atoms with van der Waals surface area (Å²) in [6.07, 6.45) is 1.58. The first-order valence-corrected chi connectivity index (χ1v) is 3.74. The molecule has 2 N–H and O–H groups in total. The van der Waals surface area contributed by atoms with Crippen LogP contribution in [0.25, 0.3) is 0 Å². The van der Waals surface area contributed by atoms with Crippen molar-refractivity contribution in [2.75, 3.05) is 6.79 Å². The molecule has 0 aliphatic rings. The summed E-state index contributed by atoms with van der Waals surface area (Å²) in [6, 6.07) is 0. The molecule has 0 aliphatic carbocycles. The molecule has 0 atom stereocenters. The molecule has 0 aromatic carbocycles. The molecule has 66 valence electrons. The molecule has 0 unspecified atom stereocenters. The van der Waals surface area contributed by atoms with Gasteiger partial charge in [0.2, 0.25) is 6.79 Å². The second kappa shape index (κ2) is 6.12. The summed E-state index contributed by atoms with van der Waals surface area (Å²) in [5.74, 6) is 4.42. The van der Waals surface area contributed by atoms with Crippen LogP contribution >= 0.6 is 0 Å². The Hall–Kier alpha value is -0.610. The van der Waals surface area contributed by atoms with Crippen LogP contribution in [0.3, 0.4) is 0 Å². The maximum Gasteiger partial charge on any atom is 0.311 e. The summed E-state index contributed by atoms with van der Waals surface area (Å²) in [5, 5.41) is 0. The van der Waals surface area contributed by atoms with Crippen LogP contribution in [0.2, 0.25) is 0 Å². The fraction of sp³-hybridized carbons (Fsp3) is 0.857. The third-order valence-electron chi connectivity index (χ3n) is 1.59. The number of nitrogens with two attached hydrogens (primary N) is 1. The zero-order valence-electron chi connectivity index (χ0n) is 7.00. The van der Waals surface area contributed by atoms with Crippen molar-refractivity contribution in [3.8, 4) is 0 Å². The molecule has 0 bridgehead atoms. The van der Waals surface area contributed by atoms with E-state index in [1.807, 2.05) is 13.8 Å². The highest BCUT2D eigenvalue weighted by atomic mass is 16.7. The molecule has 0 saturated heterocycles. The van der Waals surface area contributed by atoms with Gasteiger partial charge in [0.25, 0.3) is 0 Å². The number of ether oxygens (including phenoxy) is 1. The van der Waals surface area contributed by atoms with Gasteiger partial charge in [-0.25, -0.2) is 5.90 Å². The Bertz CT molecular complexity index is 112. The number of rotatable bonds is 5. The summed E-state index contributed by atoms with van der Waals surface area (Å²) < 4.78 is 4.65. The van der Waals surface area contributed by atoms with E-state index in [0.717, 1.165) is 12.8 Å². The first kappa shape index (κ1) is 10.4. The van der Waals surface area contributed by atoms with Crippen molar-refractivity contribution in [1.29, 1.82) is 0 Å². The number of carbonyl (C=O) groups is 1. The highest BCUT2D eigenvalue weighted by Gasteiger charge is 2.14. The van der Waals surface area contributed by atoms with Crippen LogP contribution in [0.1, 0.15) is 26.7 Å². The molecule has 0 aliphatic heterocycles. The lowest BCUT2D eigenvalue weighted by Gasteiger charge is -2.10. The lowest BCUT2D eigenvalue weighted by Crippen LogP contribution is -2.19. The van der Waals surface area contributed by atoms with Gasteiger partial charge in [-0.1, -0.05) is 13.8 Å².